The van der Waals surface area contributed by atoms with E-state index in [4.69, 9.17) is 9.47 Å². The Morgan fingerprint density at radius 1 is 1.25 bits per heavy atom. The lowest BCUT2D eigenvalue weighted by molar-refractivity contribution is -0.137. The number of nitrogens with zero attached hydrogens (tertiary/aromatic N) is 1. The molecule has 2 aliphatic rings. The van der Waals surface area contributed by atoms with Crippen molar-refractivity contribution in [3.63, 3.8) is 0 Å². The Bertz CT molecular complexity index is 484. The lowest BCUT2D eigenvalue weighted by atomic mass is 9.67. The largest absolute Gasteiger partial charge is 0.463 e. The highest BCUT2D eigenvalue weighted by Crippen LogP contribution is 2.45. The fraction of sp³-hybridized carbons (Fsp3) is 0.737. The molecule has 24 heavy (non-hydrogen) atoms. The molecule has 1 aliphatic carbocycles. The van der Waals surface area contributed by atoms with Crippen LogP contribution in [0.2, 0.25) is 0 Å². The lowest BCUT2D eigenvalue weighted by Crippen LogP contribution is -2.46. The second kappa shape index (κ2) is 7.58. The average Bonchev–Trinajstić information content (AvgIpc) is 2.49. The standard InChI is InChI=1S/C19H30NO4/c1-5-23-16(21)14-15-6-8-19(9-7-15)10-12-20(13-11-19)17(22)24-18(2,3)4/h10,14H,5-9,11-13H2,1-4H3. The van der Waals surface area contributed by atoms with Crippen LogP contribution in [0, 0.1) is 11.8 Å². The monoisotopic (exact) mass is 336 g/mol. The van der Waals surface area contributed by atoms with E-state index < -0.39 is 5.60 Å². The van der Waals surface area contributed by atoms with Gasteiger partial charge in [-0.25, -0.2) is 9.59 Å². The van der Waals surface area contributed by atoms with E-state index in [9.17, 15) is 9.59 Å². The van der Waals surface area contributed by atoms with Gasteiger partial charge in [0.15, 0.2) is 0 Å². The van der Waals surface area contributed by atoms with Crippen LogP contribution in [-0.2, 0) is 14.3 Å². The zero-order valence-electron chi connectivity index (χ0n) is 15.4. The summed E-state index contributed by atoms with van der Waals surface area (Å²) in [5, 5.41) is 0. The van der Waals surface area contributed by atoms with E-state index in [0.29, 0.717) is 13.2 Å². The van der Waals surface area contributed by atoms with Crippen LogP contribution in [0.4, 0.5) is 4.79 Å². The molecular weight excluding hydrogens is 306 g/mol. The summed E-state index contributed by atoms with van der Waals surface area (Å²) in [6, 6.07) is 0. The molecule has 1 radical (unpaired) electrons. The molecule has 0 atom stereocenters. The molecule has 2 rings (SSSR count). The topological polar surface area (TPSA) is 55.8 Å². The zero-order chi connectivity index (χ0) is 17.8. The third-order valence-electron chi connectivity index (χ3n) is 4.77. The molecule has 1 spiro atoms. The first-order chi connectivity index (χ1) is 11.2. The number of likely N-dealkylation sites (tertiary alicyclic amines) is 1. The summed E-state index contributed by atoms with van der Waals surface area (Å²) in [6.45, 7) is 9.28. The Morgan fingerprint density at radius 3 is 2.42 bits per heavy atom. The fourth-order valence-corrected chi connectivity index (χ4v) is 3.37. The number of ether oxygens (including phenoxy) is 2. The average molecular weight is 336 g/mol. The molecule has 0 aromatic heterocycles. The van der Waals surface area contributed by atoms with Gasteiger partial charge in [-0.3, -0.25) is 0 Å². The molecule has 1 saturated carbocycles. The predicted octanol–water partition coefficient (Wildman–Crippen LogP) is 3.88. The molecule has 0 unspecified atom stereocenters. The minimum absolute atomic E-state index is 0.199. The van der Waals surface area contributed by atoms with Gasteiger partial charge in [-0.05, 0) is 71.6 Å². The van der Waals surface area contributed by atoms with Crippen LogP contribution in [-0.4, -0.2) is 42.3 Å². The molecular formula is C19H30NO4. The van der Waals surface area contributed by atoms with Crippen molar-refractivity contribution in [3.8, 4) is 0 Å². The summed E-state index contributed by atoms with van der Waals surface area (Å²) in [5.41, 5.74) is 0.927. The van der Waals surface area contributed by atoms with Crippen molar-refractivity contribution in [2.75, 3.05) is 19.7 Å². The molecule has 5 heteroatoms. The van der Waals surface area contributed by atoms with Gasteiger partial charge in [-0.1, -0.05) is 5.57 Å². The van der Waals surface area contributed by atoms with Crippen molar-refractivity contribution in [2.45, 2.75) is 65.4 Å². The second-order valence-corrected chi connectivity index (χ2v) is 7.80. The molecule has 135 valence electrons. The Morgan fingerprint density at radius 2 is 1.92 bits per heavy atom. The quantitative estimate of drug-likeness (QED) is 0.567. The maximum atomic E-state index is 12.1. The third-order valence-corrected chi connectivity index (χ3v) is 4.77. The molecule has 5 nitrogen and oxygen atoms in total. The van der Waals surface area contributed by atoms with Crippen molar-refractivity contribution in [2.24, 2.45) is 5.41 Å². The highest BCUT2D eigenvalue weighted by Gasteiger charge is 2.38. The van der Waals surface area contributed by atoms with Crippen molar-refractivity contribution < 1.29 is 19.1 Å². The highest BCUT2D eigenvalue weighted by molar-refractivity contribution is 5.82. The van der Waals surface area contributed by atoms with Crippen LogP contribution >= 0.6 is 0 Å². The first kappa shape index (κ1) is 18.8. The number of esters is 1. The van der Waals surface area contributed by atoms with Gasteiger partial charge in [0.1, 0.15) is 5.60 Å². The van der Waals surface area contributed by atoms with Gasteiger partial charge in [0, 0.05) is 19.2 Å². The third kappa shape index (κ3) is 5.25. The van der Waals surface area contributed by atoms with Crippen LogP contribution in [0.3, 0.4) is 0 Å². The molecule has 1 amide bonds. The molecule has 0 aromatic rings. The smallest absolute Gasteiger partial charge is 0.410 e. The summed E-state index contributed by atoms with van der Waals surface area (Å²) < 4.78 is 10.4. The Labute approximate surface area is 145 Å². The van der Waals surface area contributed by atoms with Crippen LogP contribution in [0.15, 0.2) is 11.6 Å². The number of hydrogen-bond donors (Lipinski definition) is 0. The molecule has 1 heterocycles. The number of hydrogen-bond acceptors (Lipinski definition) is 4. The second-order valence-electron chi connectivity index (χ2n) is 7.80. The highest BCUT2D eigenvalue weighted by atomic mass is 16.6. The Kier molecular flexibility index (Phi) is 5.94. The van der Waals surface area contributed by atoms with E-state index in [-0.39, 0.29) is 17.5 Å². The predicted molar refractivity (Wildman–Crippen MR) is 92.3 cm³/mol. The molecule has 1 aliphatic heterocycles. The van der Waals surface area contributed by atoms with Gasteiger partial charge >= 0.3 is 12.1 Å². The minimum atomic E-state index is -0.455. The van der Waals surface area contributed by atoms with Gasteiger partial charge in [0.25, 0.3) is 0 Å². The lowest BCUT2D eigenvalue weighted by Gasteiger charge is -2.44. The molecule has 2 fully saturated rings. The van der Waals surface area contributed by atoms with Crippen LogP contribution in [0.5, 0.6) is 0 Å². The zero-order valence-corrected chi connectivity index (χ0v) is 15.4. The van der Waals surface area contributed by atoms with Gasteiger partial charge in [0.05, 0.1) is 6.61 Å². The SMILES string of the molecule is CCOC(=O)C=C1CCC2([CH]CN(C(=O)OC(C)(C)C)CC2)CC1. The fourth-order valence-electron chi connectivity index (χ4n) is 3.37. The maximum Gasteiger partial charge on any atom is 0.410 e. The van der Waals surface area contributed by atoms with Crippen molar-refractivity contribution in [1.82, 2.24) is 4.90 Å². The minimum Gasteiger partial charge on any atom is -0.463 e. The molecule has 0 bridgehead atoms. The summed E-state index contributed by atoms with van der Waals surface area (Å²) in [6.07, 6.45) is 8.63. The Hall–Kier alpha value is -1.52. The van der Waals surface area contributed by atoms with E-state index in [1.54, 1.807) is 11.0 Å². The number of allylic oxidation sites excluding steroid dienone is 1. The van der Waals surface area contributed by atoms with Gasteiger partial charge < -0.3 is 14.4 Å². The van der Waals surface area contributed by atoms with Crippen LogP contribution in [0.1, 0.15) is 59.8 Å². The number of piperidine rings is 1. The van der Waals surface area contributed by atoms with Crippen molar-refractivity contribution in [3.05, 3.63) is 18.1 Å². The summed E-state index contributed by atoms with van der Waals surface area (Å²) in [5.74, 6) is -0.229. The number of carbonyl (C=O) groups is 2. The van der Waals surface area contributed by atoms with Gasteiger partial charge in [-0.2, -0.15) is 0 Å². The van der Waals surface area contributed by atoms with E-state index in [1.807, 2.05) is 27.7 Å². The summed E-state index contributed by atoms with van der Waals surface area (Å²) in [7, 11) is 0. The van der Waals surface area contributed by atoms with E-state index >= 15 is 0 Å². The number of amides is 1. The van der Waals surface area contributed by atoms with E-state index in [2.05, 4.69) is 6.42 Å². The van der Waals surface area contributed by atoms with Crippen molar-refractivity contribution in [1.29, 1.82) is 0 Å². The van der Waals surface area contributed by atoms with Crippen LogP contribution in [0.25, 0.3) is 0 Å². The number of rotatable bonds is 2. The molecule has 1 saturated heterocycles. The maximum absolute atomic E-state index is 12.1. The molecule has 0 aromatic carbocycles. The normalized spacial score (nSPS) is 20.7. The van der Waals surface area contributed by atoms with Gasteiger partial charge in [0.2, 0.25) is 0 Å². The van der Waals surface area contributed by atoms with E-state index in [1.165, 1.54) is 5.57 Å². The Balaban J connectivity index is 1.82. The summed E-state index contributed by atoms with van der Waals surface area (Å²) >= 11 is 0. The molecule has 0 N–H and O–H groups in total. The summed E-state index contributed by atoms with van der Waals surface area (Å²) in [4.78, 5) is 25.5. The van der Waals surface area contributed by atoms with Crippen molar-refractivity contribution >= 4 is 12.1 Å². The van der Waals surface area contributed by atoms with Crippen LogP contribution < -0.4 is 0 Å². The number of carbonyl (C=O) groups excluding carboxylic acids is 2. The van der Waals surface area contributed by atoms with Gasteiger partial charge in [-0.15, -0.1) is 0 Å². The first-order valence-electron chi connectivity index (χ1n) is 8.91. The first-order valence-corrected chi connectivity index (χ1v) is 8.91. The van der Waals surface area contributed by atoms with E-state index in [0.717, 1.165) is 38.6 Å².